The summed E-state index contributed by atoms with van der Waals surface area (Å²) >= 11 is 5.69. The molecule has 0 N–H and O–H groups in total. The maximum Gasteiger partial charge on any atom is 0.253 e. The Morgan fingerprint density at radius 1 is 1.33 bits per heavy atom. The SMILES string of the molecule is CCN1CCN(C(=O)c2ccc(F)c(Cl)c2)CC1. The zero-order valence-corrected chi connectivity index (χ0v) is 11.1. The normalized spacial score (nSPS) is 16.9. The molecule has 1 aliphatic heterocycles. The first-order valence-electron chi connectivity index (χ1n) is 6.08. The molecule has 5 heteroatoms. The van der Waals surface area contributed by atoms with Gasteiger partial charge in [0.1, 0.15) is 5.82 Å². The predicted molar refractivity (Wildman–Crippen MR) is 69.4 cm³/mol. The van der Waals surface area contributed by atoms with Crippen molar-refractivity contribution < 1.29 is 9.18 Å². The lowest BCUT2D eigenvalue weighted by Gasteiger charge is -2.34. The molecule has 1 aromatic carbocycles. The van der Waals surface area contributed by atoms with Gasteiger partial charge in [-0.1, -0.05) is 18.5 Å². The van der Waals surface area contributed by atoms with Crippen molar-refractivity contribution in [3.05, 3.63) is 34.6 Å². The van der Waals surface area contributed by atoms with Crippen LogP contribution < -0.4 is 0 Å². The van der Waals surface area contributed by atoms with E-state index in [4.69, 9.17) is 11.6 Å². The van der Waals surface area contributed by atoms with Gasteiger partial charge in [0, 0.05) is 31.7 Å². The monoisotopic (exact) mass is 270 g/mol. The lowest BCUT2D eigenvalue weighted by Crippen LogP contribution is -2.48. The highest BCUT2D eigenvalue weighted by atomic mass is 35.5. The molecule has 1 amide bonds. The van der Waals surface area contributed by atoms with E-state index in [2.05, 4.69) is 11.8 Å². The lowest BCUT2D eigenvalue weighted by atomic mass is 10.1. The van der Waals surface area contributed by atoms with Crippen LogP contribution in [0, 0.1) is 5.82 Å². The van der Waals surface area contributed by atoms with E-state index in [1.165, 1.54) is 18.2 Å². The summed E-state index contributed by atoms with van der Waals surface area (Å²) in [5, 5.41) is -0.00644. The minimum absolute atomic E-state index is 0.00644. The number of halogens is 2. The van der Waals surface area contributed by atoms with Crippen molar-refractivity contribution >= 4 is 17.5 Å². The van der Waals surface area contributed by atoms with Crippen LogP contribution in [0.3, 0.4) is 0 Å². The van der Waals surface area contributed by atoms with E-state index in [1.807, 2.05) is 0 Å². The zero-order valence-electron chi connectivity index (χ0n) is 10.3. The molecule has 1 fully saturated rings. The summed E-state index contributed by atoms with van der Waals surface area (Å²) in [7, 11) is 0. The van der Waals surface area contributed by atoms with Gasteiger partial charge in [0.05, 0.1) is 5.02 Å². The molecule has 0 atom stereocenters. The Bertz CT molecular complexity index is 445. The van der Waals surface area contributed by atoms with Crippen molar-refractivity contribution in [2.75, 3.05) is 32.7 Å². The third kappa shape index (κ3) is 2.82. The second-order valence-electron chi connectivity index (χ2n) is 4.36. The number of hydrogen-bond acceptors (Lipinski definition) is 2. The number of amides is 1. The maximum absolute atomic E-state index is 13.0. The average molecular weight is 271 g/mol. The molecule has 0 bridgehead atoms. The Labute approximate surface area is 111 Å². The fourth-order valence-electron chi connectivity index (χ4n) is 2.08. The predicted octanol–water partition coefficient (Wildman–Crippen LogP) is 2.26. The van der Waals surface area contributed by atoms with Crippen LogP contribution in [0.4, 0.5) is 4.39 Å². The summed E-state index contributed by atoms with van der Waals surface area (Å²) in [6.45, 7) is 6.30. The quantitative estimate of drug-likeness (QED) is 0.823. The number of rotatable bonds is 2. The summed E-state index contributed by atoms with van der Waals surface area (Å²) in [6, 6.07) is 4.11. The highest BCUT2D eigenvalue weighted by Crippen LogP contribution is 2.17. The van der Waals surface area contributed by atoms with Crippen molar-refractivity contribution in [3.63, 3.8) is 0 Å². The highest BCUT2D eigenvalue weighted by molar-refractivity contribution is 6.31. The summed E-state index contributed by atoms with van der Waals surface area (Å²) in [5.41, 5.74) is 0.450. The molecule has 0 spiro atoms. The fourth-order valence-corrected chi connectivity index (χ4v) is 2.26. The number of piperazine rings is 1. The second kappa shape index (κ2) is 5.67. The van der Waals surface area contributed by atoms with E-state index in [1.54, 1.807) is 4.90 Å². The Kier molecular flexibility index (Phi) is 4.19. The first kappa shape index (κ1) is 13.3. The van der Waals surface area contributed by atoms with Crippen LogP contribution in [-0.2, 0) is 0 Å². The number of carbonyl (C=O) groups is 1. The van der Waals surface area contributed by atoms with Crippen LogP contribution in [0.15, 0.2) is 18.2 Å². The average Bonchev–Trinajstić information content (AvgIpc) is 2.41. The molecule has 1 heterocycles. The standard InChI is InChI=1S/C13H16ClFN2O/c1-2-16-5-7-17(8-6-16)13(18)10-3-4-12(15)11(14)9-10/h3-4,9H,2,5-8H2,1H3. The third-order valence-corrected chi connectivity index (χ3v) is 3.56. The van der Waals surface area contributed by atoms with Gasteiger partial charge in [-0.2, -0.15) is 0 Å². The Balaban J connectivity index is 2.05. The summed E-state index contributed by atoms with van der Waals surface area (Å²) in [4.78, 5) is 16.3. The van der Waals surface area contributed by atoms with Gasteiger partial charge in [-0.15, -0.1) is 0 Å². The van der Waals surface area contributed by atoms with Crippen LogP contribution >= 0.6 is 11.6 Å². The highest BCUT2D eigenvalue weighted by Gasteiger charge is 2.21. The lowest BCUT2D eigenvalue weighted by molar-refractivity contribution is 0.0643. The van der Waals surface area contributed by atoms with Crippen molar-refractivity contribution in [2.24, 2.45) is 0 Å². The van der Waals surface area contributed by atoms with Gasteiger partial charge in [0.2, 0.25) is 0 Å². The van der Waals surface area contributed by atoms with Crippen LogP contribution in [0.25, 0.3) is 0 Å². The van der Waals surface area contributed by atoms with E-state index in [0.29, 0.717) is 18.7 Å². The van der Waals surface area contributed by atoms with Crippen LogP contribution in [0.1, 0.15) is 17.3 Å². The van der Waals surface area contributed by atoms with Gasteiger partial charge >= 0.3 is 0 Å². The van der Waals surface area contributed by atoms with Gasteiger partial charge in [-0.25, -0.2) is 4.39 Å². The van der Waals surface area contributed by atoms with Crippen molar-refractivity contribution in [3.8, 4) is 0 Å². The largest absolute Gasteiger partial charge is 0.336 e. The molecule has 1 aromatic rings. The van der Waals surface area contributed by atoms with Crippen LogP contribution in [0.5, 0.6) is 0 Å². The zero-order chi connectivity index (χ0) is 13.1. The van der Waals surface area contributed by atoms with E-state index < -0.39 is 5.82 Å². The van der Waals surface area contributed by atoms with Gasteiger partial charge in [-0.05, 0) is 24.7 Å². The van der Waals surface area contributed by atoms with Crippen molar-refractivity contribution in [1.82, 2.24) is 9.80 Å². The van der Waals surface area contributed by atoms with E-state index >= 15 is 0 Å². The molecule has 3 nitrogen and oxygen atoms in total. The minimum Gasteiger partial charge on any atom is -0.336 e. The van der Waals surface area contributed by atoms with Crippen molar-refractivity contribution in [1.29, 1.82) is 0 Å². The number of hydrogen-bond donors (Lipinski definition) is 0. The maximum atomic E-state index is 13.0. The third-order valence-electron chi connectivity index (χ3n) is 3.27. The number of carbonyl (C=O) groups excluding carboxylic acids is 1. The van der Waals surface area contributed by atoms with Crippen LogP contribution in [0.2, 0.25) is 5.02 Å². The molecule has 1 saturated heterocycles. The molecule has 0 unspecified atom stereocenters. The summed E-state index contributed by atoms with van der Waals surface area (Å²) < 4.78 is 13.0. The minimum atomic E-state index is -0.496. The van der Waals surface area contributed by atoms with Crippen molar-refractivity contribution in [2.45, 2.75) is 6.92 Å². The molecule has 0 aromatic heterocycles. The fraction of sp³-hybridized carbons (Fsp3) is 0.462. The molecule has 0 saturated carbocycles. The molecule has 1 aliphatic rings. The molecular weight excluding hydrogens is 255 g/mol. The Morgan fingerprint density at radius 2 is 2.00 bits per heavy atom. The molecule has 0 aliphatic carbocycles. The number of likely N-dealkylation sites (N-methyl/N-ethyl adjacent to an activating group) is 1. The number of nitrogens with zero attached hydrogens (tertiary/aromatic N) is 2. The second-order valence-corrected chi connectivity index (χ2v) is 4.76. The summed E-state index contributed by atoms with van der Waals surface area (Å²) in [5.74, 6) is -0.573. The van der Waals surface area contributed by atoms with E-state index in [9.17, 15) is 9.18 Å². The summed E-state index contributed by atoms with van der Waals surface area (Å²) in [6.07, 6.45) is 0. The van der Waals surface area contributed by atoms with Gasteiger partial charge < -0.3 is 9.80 Å². The topological polar surface area (TPSA) is 23.6 Å². The number of benzene rings is 1. The van der Waals surface area contributed by atoms with Gasteiger partial charge in [0.15, 0.2) is 0 Å². The molecular formula is C13H16ClFN2O. The molecule has 2 rings (SSSR count). The smallest absolute Gasteiger partial charge is 0.253 e. The van der Waals surface area contributed by atoms with E-state index in [-0.39, 0.29) is 10.9 Å². The Morgan fingerprint density at radius 3 is 2.56 bits per heavy atom. The first-order chi connectivity index (χ1) is 8.61. The molecule has 18 heavy (non-hydrogen) atoms. The molecule has 0 radical (unpaired) electrons. The van der Waals surface area contributed by atoms with Gasteiger partial charge in [0.25, 0.3) is 5.91 Å². The van der Waals surface area contributed by atoms with Crippen LogP contribution in [-0.4, -0.2) is 48.4 Å². The van der Waals surface area contributed by atoms with Gasteiger partial charge in [-0.3, -0.25) is 4.79 Å². The molecule has 98 valence electrons. The van der Waals surface area contributed by atoms with E-state index in [0.717, 1.165) is 19.6 Å². The first-order valence-corrected chi connectivity index (χ1v) is 6.46. The Hall–Kier alpha value is -1.13.